The molecule has 0 atom stereocenters. The number of pyridine rings is 1. The summed E-state index contributed by atoms with van der Waals surface area (Å²) in [6, 6.07) is 0. The van der Waals surface area contributed by atoms with E-state index in [1.807, 2.05) is 6.92 Å². The van der Waals surface area contributed by atoms with Crippen LogP contribution in [0.15, 0.2) is 11.0 Å². The van der Waals surface area contributed by atoms with Crippen LogP contribution in [0.5, 0.6) is 0 Å². The lowest BCUT2D eigenvalue weighted by molar-refractivity contribution is 0.0695. The van der Waals surface area contributed by atoms with Gasteiger partial charge in [-0.3, -0.25) is 4.79 Å². The Balaban J connectivity index is 2.03. The maximum absolute atomic E-state index is 12.4. The van der Waals surface area contributed by atoms with Crippen LogP contribution >= 0.6 is 11.3 Å². The van der Waals surface area contributed by atoms with Gasteiger partial charge < -0.3 is 20.3 Å². The summed E-state index contributed by atoms with van der Waals surface area (Å²) in [4.78, 5) is 30.4. The molecule has 0 spiro atoms. The number of nitrogens with two attached hydrogens (primary N) is 1. The van der Waals surface area contributed by atoms with Crippen molar-refractivity contribution in [3.8, 4) is 0 Å². The first-order chi connectivity index (χ1) is 11.0. The fourth-order valence-electron chi connectivity index (χ4n) is 2.93. The van der Waals surface area contributed by atoms with E-state index in [0.717, 1.165) is 31.1 Å². The number of aryl methyl sites for hydroxylation is 1. The zero-order chi connectivity index (χ0) is 16.6. The standard InChI is InChI=1S/C15H20N4O3S/c1-2-18-8-10(14(21)22)11(20)12-13(18)17-15(23-12)19-5-3-9(7-16)4-6-19/h8-9H,2-7,16H2,1H3,(H,21,22). The van der Waals surface area contributed by atoms with Gasteiger partial charge in [-0.2, -0.15) is 0 Å². The fourth-order valence-corrected chi connectivity index (χ4v) is 4.01. The van der Waals surface area contributed by atoms with Gasteiger partial charge in [-0.25, -0.2) is 9.78 Å². The van der Waals surface area contributed by atoms with Crippen molar-refractivity contribution in [2.24, 2.45) is 11.7 Å². The Morgan fingerprint density at radius 3 is 2.74 bits per heavy atom. The highest BCUT2D eigenvalue weighted by atomic mass is 32.1. The predicted molar refractivity (Wildman–Crippen MR) is 90.5 cm³/mol. The number of hydrogen-bond donors (Lipinski definition) is 2. The summed E-state index contributed by atoms with van der Waals surface area (Å²) >= 11 is 1.29. The van der Waals surface area contributed by atoms with Crippen molar-refractivity contribution < 1.29 is 9.90 Å². The van der Waals surface area contributed by atoms with Gasteiger partial charge >= 0.3 is 5.97 Å². The Labute approximate surface area is 137 Å². The molecular formula is C15H20N4O3S. The largest absolute Gasteiger partial charge is 0.477 e. The van der Waals surface area contributed by atoms with Crippen molar-refractivity contribution in [2.45, 2.75) is 26.3 Å². The molecule has 1 fully saturated rings. The summed E-state index contributed by atoms with van der Waals surface area (Å²) in [6.45, 7) is 4.91. The highest BCUT2D eigenvalue weighted by molar-refractivity contribution is 7.22. The molecular weight excluding hydrogens is 316 g/mol. The quantitative estimate of drug-likeness (QED) is 0.874. The summed E-state index contributed by atoms with van der Waals surface area (Å²) < 4.78 is 2.15. The smallest absolute Gasteiger partial charge is 0.341 e. The van der Waals surface area contributed by atoms with Crippen LogP contribution in [0.4, 0.5) is 5.13 Å². The molecule has 0 aromatic carbocycles. The average molecular weight is 336 g/mol. The number of hydrogen-bond acceptors (Lipinski definition) is 6. The van der Waals surface area contributed by atoms with E-state index in [9.17, 15) is 14.7 Å². The van der Waals surface area contributed by atoms with E-state index >= 15 is 0 Å². The molecule has 1 saturated heterocycles. The van der Waals surface area contributed by atoms with E-state index < -0.39 is 11.4 Å². The molecule has 1 aliphatic heterocycles. The highest BCUT2D eigenvalue weighted by Gasteiger charge is 2.23. The van der Waals surface area contributed by atoms with E-state index in [1.165, 1.54) is 17.5 Å². The maximum Gasteiger partial charge on any atom is 0.341 e. The first-order valence-corrected chi connectivity index (χ1v) is 8.59. The minimum atomic E-state index is -1.20. The number of fused-ring (bicyclic) bond motifs is 1. The normalized spacial score (nSPS) is 16.2. The summed E-state index contributed by atoms with van der Waals surface area (Å²) in [5.74, 6) is -0.646. The molecule has 0 bridgehead atoms. The minimum Gasteiger partial charge on any atom is -0.477 e. The first-order valence-electron chi connectivity index (χ1n) is 7.77. The molecule has 0 radical (unpaired) electrons. The molecule has 0 unspecified atom stereocenters. The van der Waals surface area contributed by atoms with Crippen LogP contribution < -0.4 is 16.1 Å². The van der Waals surface area contributed by atoms with Crippen LogP contribution in [0.1, 0.15) is 30.1 Å². The van der Waals surface area contributed by atoms with E-state index in [2.05, 4.69) is 9.88 Å². The van der Waals surface area contributed by atoms with E-state index in [-0.39, 0.29) is 5.56 Å². The number of aromatic carboxylic acids is 1. The average Bonchev–Trinajstić information content (AvgIpc) is 3.01. The second kappa shape index (κ2) is 6.29. The Hall–Kier alpha value is -1.93. The maximum atomic E-state index is 12.4. The molecule has 3 rings (SSSR count). The van der Waals surface area contributed by atoms with Crippen molar-refractivity contribution in [1.82, 2.24) is 9.55 Å². The number of carboxylic acid groups (broad SMARTS) is 1. The van der Waals surface area contributed by atoms with Crippen molar-refractivity contribution in [3.63, 3.8) is 0 Å². The molecule has 0 amide bonds. The number of carboxylic acids is 1. The Kier molecular flexibility index (Phi) is 4.36. The van der Waals surface area contributed by atoms with Crippen molar-refractivity contribution in [3.05, 3.63) is 22.0 Å². The third-order valence-electron chi connectivity index (χ3n) is 4.40. The first kappa shape index (κ1) is 15.9. The van der Waals surface area contributed by atoms with Gasteiger partial charge in [0.15, 0.2) is 10.8 Å². The van der Waals surface area contributed by atoms with Crippen LogP contribution in [0, 0.1) is 5.92 Å². The summed E-state index contributed by atoms with van der Waals surface area (Å²) in [7, 11) is 0. The monoisotopic (exact) mass is 336 g/mol. The molecule has 124 valence electrons. The van der Waals surface area contributed by atoms with Gasteiger partial charge in [0.1, 0.15) is 10.3 Å². The molecule has 3 N–H and O–H groups in total. The molecule has 3 heterocycles. The number of rotatable bonds is 4. The molecule has 23 heavy (non-hydrogen) atoms. The van der Waals surface area contributed by atoms with Crippen LogP contribution in [0.2, 0.25) is 0 Å². The lowest BCUT2D eigenvalue weighted by atomic mass is 9.98. The van der Waals surface area contributed by atoms with E-state index in [4.69, 9.17) is 5.73 Å². The summed E-state index contributed by atoms with van der Waals surface area (Å²) in [5, 5.41) is 9.99. The van der Waals surface area contributed by atoms with Crippen molar-refractivity contribution in [1.29, 1.82) is 0 Å². The highest BCUT2D eigenvalue weighted by Crippen LogP contribution is 2.30. The predicted octanol–water partition coefficient (Wildman–Crippen LogP) is 1.35. The molecule has 2 aromatic rings. The van der Waals surface area contributed by atoms with Crippen LogP contribution in [0.3, 0.4) is 0 Å². The summed E-state index contributed by atoms with van der Waals surface area (Å²) in [6.07, 6.45) is 3.42. The second-order valence-electron chi connectivity index (χ2n) is 5.78. The third kappa shape index (κ3) is 2.84. The SMILES string of the molecule is CCn1cc(C(=O)O)c(=O)c2sc(N3CCC(CN)CC3)nc21. The van der Waals surface area contributed by atoms with Crippen molar-refractivity contribution >= 4 is 32.8 Å². The van der Waals surface area contributed by atoms with Gasteiger partial charge in [-0.15, -0.1) is 0 Å². The van der Waals surface area contributed by atoms with Gasteiger partial charge in [0.05, 0.1) is 0 Å². The summed E-state index contributed by atoms with van der Waals surface area (Å²) in [5.41, 5.74) is 5.65. The number of anilines is 1. The van der Waals surface area contributed by atoms with Gasteiger partial charge in [-0.05, 0) is 32.2 Å². The Morgan fingerprint density at radius 1 is 1.48 bits per heavy atom. The molecule has 7 nitrogen and oxygen atoms in total. The molecule has 0 saturated carbocycles. The molecule has 2 aromatic heterocycles. The number of carbonyl (C=O) groups is 1. The van der Waals surface area contributed by atoms with Crippen molar-refractivity contribution in [2.75, 3.05) is 24.5 Å². The second-order valence-corrected chi connectivity index (χ2v) is 6.76. The van der Waals surface area contributed by atoms with Crippen LogP contribution in [-0.4, -0.2) is 40.3 Å². The van der Waals surface area contributed by atoms with Gasteiger partial charge in [0.2, 0.25) is 5.43 Å². The molecule has 8 heteroatoms. The number of aromatic nitrogens is 2. The number of piperidine rings is 1. The fraction of sp³-hybridized carbons (Fsp3) is 0.533. The van der Waals surface area contributed by atoms with Crippen LogP contribution in [-0.2, 0) is 6.54 Å². The zero-order valence-electron chi connectivity index (χ0n) is 13.0. The van der Waals surface area contributed by atoms with Crippen LogP contribution in [0.25, 0.3) is 10.3 Å². The van der Waals surface area contributed by atoms with E-state index in [0.29, 0.717) is 29.4 Å². The topological polar surface area (TPSA) is 101 Å². The third-order valence-corrected chi connectivity index (χ3v) is 5.50. The lowest BCUT2D eigenvalue weighted by Gasteiger charge is -2.30. The minimum absolute atomic E-state index is 0.198. The van der Waals surface area contributed by atoms with Gasteiger partial charge in [-0.1, -0.05) is 11.3 Å². The lowest BCUT2D eigenvalue weighted by Crippen LogP contribution is -2.35. The van der Waals surface area contributed by atoms with Gasteiger partial charge in [0.25, 0.3) is 0 Å². The zero-order valence-corrected chi connectivity index (χ0v) is 13.8. The molecule has 1 aliphatic rings. The number of thiazole rings is 1. The Bertz CT molecular complexity index is 790. The number of nitrogens with zero attached hydrogens (tertiary/aromatic N) is 3. The van der Waals surface area contributed by atoms with E-state index in [1.54, 1.807) is 4.57 Å². The van der Waals surface area contributed by atoms with Gasteiger partial charge in [0, 0.05) is 25.8 Å². The molecule has 0 aliphatic carbocycles. The Morgan fingerprint density at radius 2 is 2.17 bits per heavy atom.